The Labute approximate surface area is 128 Å². The molecule has 2 N–H and O–H groups in total. The number of sulfonamides is 1. The lowest BCUT2D eigenvalue weighted by Crippen LogP contribution is -2.17. The van der Waals surface area contributed by atoms with E-state index in [-0.39, 0.29) is 10.9 Å². The fourth-order valence-electron chi connectivity index (χ4n) is 1.69. The number of aromatic nitrogens is 2. The van der Waals surface area contributed by atoms with Gasteiger partial charge in [-0.05, 0) is 25.0 Å². The lowest BCUT2D eigenvalue weighted by Gasteiger charge is -2.10. The first-order valence-corrected chi connectivity index (χ1v) is 8.97. The minimum Gasteiger partial charge on any atom is -0.383 e. The molecule has 0 unspecified atom stereocenters. The summed E-state index contributed by atoms with van der Waals surface area (Å²) in [5.41, 5.74) is 1.35. The van der Waals surface area contributed by atoms with Gasteiger partial charge >= 0.3 is 0 Å². The Kier molecular flexibility index (Phi) is 4.79. The third-order valence-corrected chi connectivity index (χ3v) is 4.93. The van der Waals surface area contributed by atoms with Crippen LogP contribution in [0, 0.1) is 0 Å². The number of hydrogen-bond acceptors (Lipinski definition) is 6. The van der Waals surface area contributed by atoms with Gasteiger partial charge in [0.25, 0.3) is 10.0 Å². The van der Waals surface area contributed by atoms with Crippen LogP contribution in [-0.4, -0.2) is 24.9 Å². The van der Waals surface area contributed by atoms with E-state index in [1.54, 1.807) is 12.1 Å². The van der Waals surface area contributed by atoms with Crippen molar-refractivity contribution in [3.8, 4) is 0 Å². The molecule has 0 saturated carbocycles. The molecule has 0 spiro atoms. The van der Waals surface area contributed by atoms with Gasteiger partial charge in [0, 0.05) is 18.1 Å². The Morgan fingerprint density at radius 3 is 2.76 bits per heavy atom. The number of nitrogens with zero attached hydrogens (tertiary/aromatic N) is 2. The summed E-state index contributed by atoms with van der Waals surface area (Å²) in [6.45, 7) is 6.53. The second kappa shape index (κ2) is 6.40. The molecule has 6 nitrogen and oxygen atoms in total. The quantitative estimate of drug-likeness (QED) is 0.852. The summed E-state index contributed by atoms with van der Waals surface area (Å²) in [6, 6.07) is 3.38. The monoisotopic (exact) mass is 326 g/mol. The van der Waals surface area contributed by atoms with Crippen molar-refractivity contribution >= 4 is 32.2 Å². The topological polar surface area (TPSA) is 84.0 Å². The Hall–Kier alpha value is -1.67. The van der Waals surface area contributed by atoms with Gasteiger partial charge in [0.2, 0.25) is 0 Å². The van der Waals surface area contributed by atoms with Crippen LogP contribution in [0.1, 0.15) is 32.4 Å². The van der Waals surface area contributed by atoms with Crippen LogP contribution in [0.5, 0.6) is 0 Å². The molecular weight excluding hydrogens is 308 g/mol. The van der Waals surface area contributed by atoms with E-state index in [1.165, 1.54) is 17.5 Å². The number of pyridine rings is 1. The molecule has 0 fully saturated rings. The van der Waals surface area contributed by atoms with E-state index < -0.39 is 10.0 Å². The van der Waals surface area contributed by atoms with Gasteiger partial charge in [0.05, 0.1) is 11.4 Å². The zero-order valence-corrected chi connectivity index (χ0v) is 13.8. The molecule has 2 aromatic heterocycles. The predicted molar refractivity (Wildman–Crippen MR) is 85.4 cm³/mol. The highest BCUT2D eigenvalue weighted by Gasteiger charge is 2.21. The van der Waals surface area contributed by atoms with Crippen molar-refractivity contribution in [1.82, 2.24) is 9.97 Å². The van der Waals surface area contributed by atoms with E-state index >= 15 is 0 Å². The molecule has 0 bridgehead atoms. The van der Waals surface area contributed by atoms with Crippen molar-refractivity contribution in [3.05, 3.63) is 29.4 Å². The van der Waals surface area contributed by atoms with E-state index in [4.69, 9.17) is 0 Å². The second-order valence-electron chi connectivity index (χ2n) is 4.72. The SMILES string of the molecule is CCNc1cccnc1S(=O)(=O)Nc1nc(C(C)C)cs1. The fraction of sp³-hybridized carbons (Fsp3) is 0.385. The van der Waals surface area contributed by atoms with Crippen molar-refractivity contribution in [2.75, 3.05) is 16.6 Å². The Morgan fingerprint density at radius 2 is 2.14 bits per heavy atom. The van der Waals surface area contributed by atoms with Crippen molar-refractivity contribution in [2.45, 2.75) is 31.7 Å². The number of anilines is 2. The highest BCUT2D eigenvalue weighted by Crippen LogP contribution is 2.25. The molecule has 2 heterocycles. The molecular formula is C13H18N4O2S2. The molecule has 2 aromatic rings. The summed E-state index contributed by atoms with van der Waals surface area (Å²) in [6.07, 6.45) is 1.46. The highest BCUT2D eigenvalue weighted by molar-refractivity contribution is 7.93. The summed E-state index contributed by atoms with van der Waals surface area (Å²) in [5.74, 6) is 0.256. The van der Waals surface area contributed by atoms with Gasteiger partial charge in [-0.2, -0.15) is 8.42 Å². The van der Waals surface area contributed by atoms with Crippen LogP contribution in [0.3, 0.4) is 0 Å². The lowest BCUT2D eigenvalue weighted by atomic mass is 10.2. The van der Waals surface area contributed by atoms with Crippen molar-refractivity contribution < 1.29 is 8.42 Å². The van der Waals surface area contributed by atoms with Gasteiger partial charge in [-0.3, -0.25) is 4.72 Å². The molecule has 8 heteroatoms. The van der Waals surface area contributed by atoms with E-state index in [0.717, 1.165) is 5.69 Å². The molecule has 0 saturated heterocycles. The molecule has 0 amide bonds. The summed E-state index contributed by atoms with van der Waals surface area (Å²) in [4.78, 5) is 8.25. The smallest absolute Gasteiger partial charge is 0.283 e. The van der Waals surface area contributed by atoms with Crippen molar-refractivity contribution in [2.24, 2.45) is 0 Å². The van der Waals surface area contributed by atoms with Gasteiger partial charge < -0.3 is 5.32 Å². The second-order valence-corrected chi connectivity index (χ2v) is 7.18. The maximum absolute atomic E-state index is 12.4. The van der Waals surface area contributed by atoms with Crippen LogP contribution in [0.15, 0.2) is 28.7 Å². The third kappa shape index (κ3) is 3.70. The molecule has 114 valence electrons. The zero-order chi connectivity index (χ0) is 15.5. The first kappa shape index (κ1) is 15.7. The normalized spacial score (nSPS) is 11.6. The zero-order valence-electron chi connectivity index (χ0n) is 12.1. The summed E-state index contributed by atoms with van der Waals surface area (Å²) in [7, 11) is -3.75. The Balaban J connectivity index is 2.29. The van der Waals surface area contributed by atoms with Gasteiger partial charge in [-0.25, -0.2) is 9.97 Å². The molecule has 0 aliphatic heterocycles. The van der Waals surface area contributed by atoms with E-state index in [1.807, 2.05) is 26.2 Å². The van der Waals surface area contributed by atoms with Crippen LogP contribution >= 0.6 is 11.3 Å². The van der Waals surface area contributed by atoms with E-state index in [9.17, 15) is 8.42 Å². The lowest BCUT2D eigenvalue weighted by molar-refractivity contribution is 0.598. The van der Waals surface area contributed by atoms with Crippen LogP contribution in [0.25, 0.3) is 0 Å². The number of thiazole rings is 1. The maximum atomic E-state index is 12.4. The summed E-state index contributed by atoms with van der Waals surface area (Å²) < 4.78 is 27.3. The molecule has 0 radical (unpaired) electrons. The van der Waals surface area contributed by atoms with E-state index in [0.29, 0.717) is 17.4 Å². The molecule has 0 aromatic carbocycles. The number of rotatable bonds is 6. The van der Waals surface area contributed by atoms with Crippen LogP contribution in [0.4, 0.5) is 10.8 Å². The Bertz CT molecular complexity index is 710. The highest BCUT2D eigenvalue weighted by atomic mass is 32.2. The van der Waals surface area contributed by atoms with Crippen LogP contribution in [-0.2, 0) is 10.0 Å². The average Bonchev–Trinajstić information content (AvgIpc) is 2.87. The number of nitrogens with one attached hydrogen (secondary N) is 2. The first-order valence-electron chi connectivity index (χ1n) is 6.61. The molecule has 21 heavy (non-hydrogen) atoms. The molecule has 0 aliphatic rings. The largest absolute Gasteiger partial charge is 0.383 e. The third-order valence-electron chi connectivity index (χ3n) is 2.73. The number of hydrogen-bond donors (Lipinski definition) is 2. The van der Waals surface area contributed by atoms with Gasteiger partial charge in [0.15, 0.2) is 10.2 Å². The summed E-state index contributed by atoms with van der Waals surface area (Å²) >= 11 is 1.27. The van der Waals surface area contributed by atoms with Crippen LogP contribution in [0.2, 0.25) is 0 Å². The standard InChI is InChI=1S/C13H18N4O2S2/c1-4-14-10-6-5-7-15-12(10)21(18,19)17-13-16-11(8-20-13)9(2)3/h5-9,14H,4H2,1-3H3,(H,16,17). The van der Waals surface area contributed by atoms with E-state index in [2.05, 4.69) is 20.0 Å². The first-order chi connectivity index (χ1) is 9.94. The minimum absolute atomic E-state index is 0.0202. The van der Waals surface area contributed by atoms with Crippen molar-refractivity contribution in [1.29, 1.82) is 0 Å². The van der Waals surface area contributed by atoms with Crippen LogP contribution < -0.4 is 10.0 Å². The van der Waals surface area contributed by atoms with Crippen molar-refractivity contribution in [3.63, 3.8) is 0 Å². The Morgan fingerprint density at radius 1 is 1.38 bits per heavy atom. The minimum atomic E-state index is -3.75. The maximum Gasteiger partial charge on any atom is 0.283 e. The fourth-order valence-corrected chi connectivity index (χ4v) is 3.93. The summed E-state index contributed by atoms with van der Waals surface area (Å²) in [5, 5.41) is 5.18. The molecule has 0 aliphatic carbocycles. The van der Waals surface area contributed by atoms with Gasteiger partial charge in [-0.1, -0.05) is 13.8 Å². The van der Waals surface area contributed by atoms with Gasteiger partial charge in [-0.15, -0.1) is 11.3 Å². The molecule has 0 atom stereocenters. The molecule has 2 rings (SSSR count). The van der Waals surface area contributed by atoms with Gasteiger partial charge in [0.1, 0.15) is 0 Å². The predicted octanol–water partition coefficient (Wildman–Crippen LogP) is 2.89. The average molecular weight is 326 g/mol.